The van der Waals surface area contributed by atoms with Gasteiger partial charge in [-0.2, -0.15) is 0 Å². The molecule has 4 N–H and O–H groups in total. The highest BCUT2D eigenvalue weighted by atomic mass is 16.3. The lowest BCUT2D eigenvalue weighted by atomic mass is 9.83. The molecule has 2 aromatic rings. The molecule has 0 aliphatic rings. The van der Waals surface area contributed by atoms with E-state index in [1.807, 2.05) is 13.0 Å². The van der Waals surface area contributed by atoms with Gasteiger partial charge in [0.2, 0.25) is 0 Å². The minimum atomic E-state index is -0.141. The molecular weight excluding hydrogens is 304 g/mol. The van der Waals surface area contributed by atoms with Gasteiger partial charge < -0.3 is 20.4 Å². The number of phenolic OH excluding ortho intramolecular Hbond substituents is 4. The molecule has 0 radical (unpaired) electrons. The molecule has 0 saturated carbocycles. The molecule has 0 bridgehead atoms. The topological polar surface area (TPSA) is 80.9 Å². The van der Waals surface area contributed by atoms with Crippen LogP contribution in [0.1, 0.15) is 46.2 Å². The summed E-state index contributed by atoms with van der Waals surface area (Å²) in [6, 6.07) is 3.63. The summed E-state index contributed by atoms with van der Waals surface area (Å²) in [5.41, 5.74) is 4.71. The van der Waals surface area contributed by atoms with E-state index in [4.69, 9.17) is 0 Å². The summed E-state index contributed by atoms with van der Waals surface area (Å²) in [6.45, 7) is 13.0. The first-order valence-corrected chi connectivity index (χ1v) is 7.81. The van der Waals surface area contributed by atoms with Crippen LogP contribution in [0.4, 0.5) is 0 Å². The Kier molecular flexibility index (Phi) is 4.52. The lowest BCUT2D eigenvalue weighted by molar-refractivity contribution is 0.397. The lowest BCUT2D eigenvalue weighted by Crippen LogP contribution is -2.03. The van der Waals surface area contributed by atoms with Gasteiger partial charge in [-0.05, 0) is 67.2 Å². The third-order valence-electron chi connectivity index (χ3n) is 4.81. The van der Waals surface area contributed by atoms with Crippen molar-refractivity contribution < 1.29 is 20.4 Å². The Balaban J connectivity index is 2.57. The van der Waals surface area contributed by atoms with Crippen LogP contribution < -0.4 is 0 Å². The van der Waals surface area contributed by atoms with Crippen LogP contribution >= 0.6 is 0 Å². The van der Waals surface area contributed by atoms with E-state index in [1.54, 1.807) is 33.8 Å². The number of hydrogen-bond acceptors (Lipinski definition) is 4. The number of allylic oxidation sites excluding steroid dienone is 1. The Morgan fingerprint density at radius 3 is 1.79 bits per heavy atom. The number of aryl methyl sites for hydroxylation is 2. The second-order valence-corrected chi connectivity index (χ2v) is 6.42. The monoisotopic (exact) mass is 328 g/mol. The highest BCUT2D eigenvalue weighted by Crippen LogP contribution is 2.43. The summed E-state index contributed by atoms with van der Waals surface area (Å²) >= 11 is 0. The van der Waals surface area contributed by atoms with E-state index >= 15 is 0 Å². The van der Waals surface area contributed by atoms with Crippen LogP contribution in [0.3, 0.4) is 0 Å². The Hall–Kier alpha value is -2.62. The van der Waals surface area contributed by atoms with Crippen molar-refractivity contribution in [3.8, 4) is 23.0 Å². The standard InChI is InChI=1S/C20H24O4/c1-9-7-15(13(5)19(23)17(9)21)11(3)12(4)16-8-10(2)18(22)20(24)14(16)6/h7-8,12,21-24H,3H2,1-2,4-6H3. The average Bonchev–Trinajstić information content (AvgIpc) is 2.56. The number of rotatable bonds is 3. The van der Waals surface area contributed by atoms with E-state index in [0.29, 0.717) is 22.3 Å². The van der Waals surface area contributed by atoms with Gasteiger partial charge >= 0.3 is 0 Å². The minimum Gasteiger partial charge on any atom is -0.504 e. The van der Waals surface area contributed by atoms with Crippen LogP contribution in [0.5, 0.6) is 23.0 Å². The fourth-order valence-electron chi connectivity index (χ4n) is 3.00. The molecule has 0 spiro atoms. The Bertz CT molecular complexity index is 835. The molecule has 0 saturated heterocycles. The zero-order valence-corrected chi connectivity index (χ0v) is 14.7. The van der Waals surface area contributed by atoms with Gasteiger partial charge in [-0.1, -0.05) is 19.6 Å². The molecular formula is C20H24O4. The molecule has 0 aromatic heterocycles. The Morgan fingerprint density at radius 1 is 0.792 bits per heavy atom. The molecule has 24 heavy (non-hydrogen) atoms. The summed E-state index contributed by atoms with van der Waals surface area (Å²) in [4.78, 5) is 0. The smallest absolute Gasteiger partial charge is 0.161 e. The molecule has 4 nitrogen and oxygen atoms in total. The summed E-state index contributed by atoms with van der Waals surface area (Å²) in [5.74, 6) is -0.627. The number of benzene rings is 2. The van der Waals surface area contributed by atoms with Crippen molar-refractivity contribution >= 4 is 5.57 Å². The van der Waals surface area contributed by atoms with Crippen LogP contribution in [0.15, 0.2) is 18.7 Å². The first-order chi connectivity index (χ1) is 11.1. The highest BCUT2D eigenvalue weighted by molar-refractivity contribution is 5.76. The van der Waals surface area contributed by atoms with Crippen molar-refractivity contribution in [2.75, 3.05) is 0 Å². The minimum absolute atomic E-state index is 0.108. The van der Waals surface area contributed by atoms with Gasteiger partial charge in [-0.25, -0.2) is 0 Å². The van der Waals surface area contributed by atoms with E-state index in [-0.39, 0.29) is 28.9 Å². The predicted octanol–water partition coefficient (Wildman–Crippen LogP) is 4.56. The summed E-state index contributed by atoms with van der Waals surface area (Å²) in [5, 5.41) is 39.9. The fourth-order valence-corrected chi connectivity index (χ4v) is 3.00. The number of aromatic hydroxyl groups is 4. The molecule has 0 amide bonds. The maximum Gasteiger partial charge on any atom is 0.161 e. The first-order valence-electron chi connectivity index (χ1n) is 7.81. The van der Waals surface area contributed by atoms with Gasteiger partial charge in [-0.15, -0.1) is 0 Å². The van der Waals surface area contributed by atoms with Gasteiger partial charge in [0, 0.05) is 11.5 Å². The van der Waals surface area contributed by atoms with Crippen LogP contribution in [0, 0.1) is 27.7 Å². The van der Waals surface area contributed by atoms with E-state index in [0.717, 1.165) is 16.7 Å². The molecule has 0 heterocycles. The molecule has 1 atom stereocenters. The molecule has 4 heteroatoms. The van der Waals surface area contributed by atoms with Crippen molar-refractivity contribution in [3.05, 3.63) is 52.1 Å². The summed E-state index contributed by atoms with van der Waals surface area (Å²) < 4.78 is 0. The molecule has 128 valence electrons. The predicted molar refractivity (Wildman–Crippen MR) is 95.9 cm³/mol. The second-order valence-electron chi connectivity index (χ2n) is 6.42. The fraction of sp³-hybridized carbons (Fsp3) is 0.300. The molecule has 0 aliphatic heterocycles. The molecule has 2 rings (SSSR count). The normalized spacial score (nSPS) is 12.2. The largest absolute Gasteiger partial charge is 0.504 e. The zero-order chi connectivity index (χ0) is 18.3. The van der Waals surface area contributed by atoms with Gasteiger partial charge in [0.05, 0.1) is 0 Å². The Morgan fingerprint density at radius 2 is 1.25 bits per heavy atom. The lowest BCUT2D eigenvalue weighted by Gasteiger charge is -2.22. The number of hydrogen-bond donors (Lipinski definition) is 4. The van der Waals surface area contributed by atoms with Crippen molar-refractivity contribution in [3.63, 3.8) is 0 Å². The quantitative estimate of drug-likeness (QED) is 0.623. The third-order valence-corrected chi connectivity index (χ3v) is 4.81. The van der Waals surface area contributed by atoms with Crippen LogP contribution in [0.25, 0.3) is 5.57 Å². The van der Waals surface area contributed by atoms with Crippen molar-refractivity contribution in [2.45, 2.75) is 40.5 Å². The second kappa shape index (κ2) is 6.11. The summed E-state index contributed by atoms with van der Waals surface area (Å²) in [7, 11) is 0. The van der Waals surface area contributed by atoms with Gasteiger partial charge in [0.1, 0.15) is 0 Å². The van der Waals surface area contributed by atoms with Crippen molar-refractivity contribution in [1.29, 1.82) is 0 Å². The van der Waals surface area contributed by atoms with Crippen LogP contribution in [-0.4, -0.2) is 20.4 Å². The third kappa shape index (κ3) is 2.68. The molecule has 0 aliphatic carbocycles. The Labute approximate surface area is 142 Å². The molecule has 0 fully saturated rings. The molecule has 2 aromatic carbocycles. The molecule has 1 unspecified atom stereocenters. The summed E-state index contributed by atoms with van der Waals surface area (Å²) in [6.07, 6.45) is 0. The van der Waals surface area contributed by atoms with E-state index in [9.17, 15) is 20.4 Å². The van der Waals surface area contributed by atoms with E-state index < -0.39 is 0 Å². The van der Waals surface area contributed by atoms with Crippen molar-refractivity contribution in [2.24, 2.45) is 0 Å². The van der Waals surface area contributed by atoms with Crippen LogP contribution in [0.2, 0.25) is 0 Å². The SMILES string of the molecule is C=C(c1cc(C)c(O)c(O)c1C)C(C)c1cc(C)c(O)c(O)c1C. The zero-order valence-electron chi connectivity index (χ0n) is 14.7. The van der Waals surface area contributed by atoms with Gasteiger partial charge in [0.15, 0.2) is 23.0 Å². The average molecular weight is 328 g/mol. The first kappa shape index (κ1) is 17.7. The number of phenols is 4. The van der Waals surface area contributed by atoms with Gasteiger partial charge in [-0.3, -0.25) is 0 Å². The maximum atomic E-state index is 10.1. The van der Waals surface area contributed by atoms with E-state index in [1.165, 1.54) is 0 Å². The van der Waals surface area contributed by atoms with E-state index in [2.05, 4.69) is 6.58 Å². The van der Waals surface area contributed by atoms with Gasteiger partial charge in [0.25, 0.3) is 0 Å². The maximum absolute atomic E-state index is 10.1. The van der Waals surface area contributed by atoms with Crippen LogP contribution in [-0.2, 0) is 0 Å². The van der Waals surface area contributed by atoms with Crippen molar-refractivity contribution in [1.82, 2.24) is 0 Å². The highest BCUT2D eigenvalue weighted by Gasteiger charge is 2.22.